The van der Waals surface area contributed by atoms with E-state index in [-0.39, 0.29) is 11.8 Å². The molecule has 0 saturated heterocycles. The number of methoxy groups -OCH3 is 3. The van der Waals surface area contributed by atoms with Gasteiger partial charge in [-0.1, -0.05) is 17.7 Å². The van der Waals surface area contributed by atoms with Crippen LogP contribution in [0.15, 0.2) is 47.8 Å². The van der Waals surface area contributed by atoms with Crippen molar-refractivity contribution in [1.29, 1.82) is 0 Å². The summed E-state index contributed by atoms with van der Waals surface area (Å²) in [7, 11) is 6.24. The molecule has 0 unspecified atom stereocenters. The number of carbonyl (C=O) groups is 2. The number of nitrogens with zero attached hydrogens (tertiary/aromatic N) is 1. The normalized spacial score (nSPS) is 17.4. The van der Waals surface area contributed by atoms with E-state index in [1.165, 1.54) is 32.7 Å². The Morgan fingerprint density at radius 1 is 1.03 bits per heavy atom. The fourth-order valence-electron chi connectivity index (χ4n) is 4.13. The smallest absolute Gasteiger partial charge is 0.254 e. The predicted octanol–water partition coefficient (Wildman–Crippen LogP) is 4.98. The van der Waals surface area contributed by atoms with E-state index in [0.29, 0.717) is 39.1 Å². The Morgan fingerprint density at radius 2 is 1.73 bits per heavy atom. The molecular weight excluding hydrogens is 464 g/mol. The van der Waals surface area contributed by atoms with E-state index in [0.717, 1.165) is 4.88 Å². The summed E-state index contributed by atoms with van der Waals surface area (Å²) < 4.78 is 16.3. The zero-order valence-corrected chi connectivity index (χ0v) is 20.1. The van der Waals surface area contributed by atoms with Gasteiger partial charge in [0, 0.05) is 22.5 Å². The molecule has 2 heterocycles. The summed E-state index contributed by atoms with van der Waals surface area (Å²) in [5.41, 5.74) is 1.40. The molecule has 0 spiro atoms. The Morgan fingerprint density at radius 3 is 2.36 bits per heavy atom. The minimum absolute atomic E-state index is 0.200. The van der Waals surface area contributed by atoms with Gasteiger partial charge in [-0.2, -0.15) is 0 Å². The van der Waals surface area contributed by atoms with E-state index in [2.05, 4.69) is 5.32 Å². The summed E-state index contributed by atoms with van der Waals surface area (Å²) in [6.07, 6.45) is 0. The first-order chi connectivity index (χ1) is 15.9. The van der Waals surface area contributed by atoms with Crippen molar-refractivity contribution >= 4 is 40.4 Å². The summed E-state index contributed by atoms with van der Waals surface area (Å²) in [5.74, 6) is 0.119. The monoisotopic (exact) mass is 486 g/mol. The second-order valence-corrected chi connectivity index (χ2v) is 8.90. The van der Waals surface area contributed by atoms with Crippen LogP contribution in [0.2, 0.25) is 5.02 Å². The SMILES string of the molecule is COc1ccc(Cl)cc1NC(=O)[C@@H]1c2cc(OC)c(OC)cc2C(=O)N(C)[C@H]1c1cccs1. The van der Waals surface area contributed by atoms with Crippen molar-refractivity contribution in [2.24, 2.45) is 0 Å². The number of ether oxygens (including phenoxy) is 3. The van der Waals surface area contributed by atoms with Crippen LogP contribution in [0, 0.1) is 0 Å². The van der Waals surface area contributed by atoms with E-state index < -0.39 is 12.0 Å². The summed E-state index contributed by atoms with van der Waals surface area (Å²) in [6.45, 7) is 0. The third kappa shape index (κ3) is 4.12. The highest BCUT2D eigenvalue weighted by Gasteiger charge is 2.44. The van der Waals surface area contributed by atoms with Crippen molar-refractivity contribution in [2.75, 3.05) is 33.7 Å². The van der Waals surface area contributed by atoms with Crippen LogP contribution in [-0.4, -0.2) is 45.1 Å². The maximum atomic E-state index is 13.8. The molecule has 7 nitrogen and oxygen atoms in total. The molecule has 0 saturated carbocycles. The van der Waals surface area contributed by atoms with Crippen molar-refractivity contribution in [3.8, 4) is 17.2 Å². The van der Waals surface area contributed by atoms with Crippen LogP contribution in [0.3, 0.4) is 0 Å². The first-order valence-electron chi connectivity index (χ1n) is 10.1. The standard InChI is InChI=1S/C24H23ClN2O5S/c1-27-22(20-6-5-9-33-20)21(23(28)26-16-10-13(25)7-8-17(16)30-2)14-11-18(31-3)19(32-4)12-15(14)24(27)29/h5-12,21-22H,1-4H3,(H,26,28)/t21-,22+/m1/s1. The summed E-state index contributed by atoms with van der Waals surface area (Å²) in [6, 6.07) is 11.6. The lowest BCUT2D eigenvalue weighted by molar-refractivity contribution is -0.119. The number of halogens is 1. The van der Waals surface area contributed by atoms with Crippen LogP contribution < -0.4 is 19.5 Å². The highest BCUT2D eigenvalue weighted by atomic mass is 35.5. The first kappa shape index (κ1) is 22.9. The average Bonchev–Trinajstić information content (AvgIpc) is 3.34. The molecule has 1 aliphatic heterocycles. The lowest BCUT2D eigenvalue weighted by atomic mass is 9.81. The number of likely N-dealkylation sites (N-methyl/N-ethyl adjacent to an activating group) is 1. The third-order valence-electron chi connectivity index (χ3n) is 5.71. The van der Waals surface area contributed by atoms with E-state index >= 15 is 0 Å². The molecule has 172 valence electrons. The van der Waals surface area contributed by atoms with Crippen molar-refractivity contribution < 1.29 is 23.8 Å². The fraction of sp³-hybridized carbons (Fsp3) is 0.250. The van der Waals surface area contributed by atoms with Gasteiger partial charge >= 0.3 is 0 Å². The molecule has 2 atom stereocenters. The third-order valence-corrected chi connectivity index (χ3v) is 6.89. The number of rotatable bonds is 6. The molecule has 1 N–H and O–H groups in total. The maximum Gasteiger partial charge on any atom is 0.254 e. The number of nitrogens with one attached hydrogen (secondary N) is 1. The molecule has 0 fully saturated rings. The molecular formula is C24H23ClN2O5S. The van der Waals surface area contributed by atoms with Crippen molar-refractivity contribution in [1.82, 2.24) is 4.90 Å². The quantitative estimate of drug-likeness (QED) is 0.532. The van der Waals surface area contributed by atoms with E-state index in [4.69, 9.17) is 25.8 Å². The molecule has 33 heavy (non-hydrogen) atoms. The number of carbonyl (C=O) groups excluding carboxylic acids is 2. The van der Waals surface area contributed by atoms with Crippen molar-refractivity contribution in [3.05, 3.63) is 68.9 Å². The van der Waals surface area contributed by atoms with Gasteiger partial charge in [0.1, 0.15) is 5.75 Å². The Kier molecular flexibility index (Phi) is 6.49. The topological polar surface area (TPSA) is 77.1 Å². The molecule has 0 radical (unpaired) electrons. The Balaban J connectivity index is 1.87. The van der Waals surface area contributed by atoms with Gasteiger partial charge in [0.25, 0.3) is 5.91 Å². The van der Waals surface area contributed by atoms with Crippen molar-refractivity contribution in [2.45, 2.75) is 12.0 Å². The highest BCUT2D eigenvalue weighted by molar-refractivity contribution is 7.10. The summed E-state index contributed by atoms with van der Waals surface area (Å²) in [4.78, 5) is 29.6. The maximum absolute atomic E-state index is 13.8. The highest BCUT2D eigenvalue weighted by Crippen LogP contribution is 2.47. The van der Waals surface area contributed by atoms with Gasteiger partial charge in [-0.25, -0.2) is 0 Å². The molecule has 1 aliphatic rings. The van der Waals surface area contributed by atoms with E-state index in [1.807, 2.05) is 17.5 Å². The number of fused-ring (bicyclic) bond motifs is 1. The van der Waals surface area contributed by atoms with Gasteiger partial charge in [-0.05, 0) is 47.3 Å². The number of thiophene rings is 1. The minimum Gasteiger partial charge on any atom is -0.495 e. The lowest BCUT2D eigenvalue weighted by Crippen LogP contribution is -2.43. The van der Waals surface area contributed by atoms with Crippen LogP contribution in [0.4, 0.5) is 5.69 Å². The second-order valence-electron chi connectivity index (χ2n) is 7.48. The van der Waals surface area contributed by atoms with Gasteiger partial charge in [-0.3, -0.25) is 9.59 Å². The zero-order valence-electron chi connectivity index (χ0n) is 18.5. The largest absolute Gasteiger partial charge is 0.495 e. The number of hydrogen-bond acceptors (Lipinski definition) is 6. The Hall–Kier alpha value is -3.23. The van der Waals surface area contributed by atoms with E-state index in [1.54, 1.807) is 42.3 Å². The number of hydrogen-bond donors (Lipinski definition) is 1. The van der Waals surface area contributed by atoms with E-state index in [9.17, 15) is 9.59 Å². The van der Waals surface area contributed by atoms with Crippen LogP contribution in [0.1, 0.15) is 32.8 Å². The lowest BCUT2D eigenvalue weighted by Gasteiger charge is -2.39. The summed E-state index contributed by atoms with van der Waals surface area (Å²) >= 11 is 7.65. The second kappa shape index (κ2) is 9.33. The molecule has 9 heteroatoms. The molecule has 0 bridgehead atoms. The Labute approximate surface area is 200 Å². The van der Waals surface area contributed by atoms with Gasteiger partial charge in [0.05, 0.1) is 39.0 Å². The average molecular weight is 487 g/mol. The summed E-state index contributed by atoms with van der Waals surface area (Å²) in [5, 5.41) is 5.34. The molecule has 0 aliphatic carbocycles. The molecule has 2 amide bonds. The number of amides is 2. The van der Waals surface area contributed by atoms with Crippen molar-refractivity contribution in [3.63, 3.8) is 0 Å². The first-order valence-corrected chi connectivity index (χ1v) is 11.4. The Bertz CT molecular complexity index is 1200. The van der Waals surface area contributed by atoms with Crippen LogP contribution >= 0.6 is 22.9 Å². The molecule has 1 aromatic heterocycles. The number of anilines is 1. The molecule has 4 rings (SSSR count). The molecule has 3 aromatic rings. The predicted molar refractivity (Wildman–Crippen MR) is 128 cm³/mol. The van der Waals surface area contributed by atoms with Gasteiger partial charge in [0.15, 0.2) is 11.5 Å². The zero-order chi connectivity index (χ0) is 23.7. The van der Waals surface area contributed by atoms with Gasteiger partial charge < -0.3 is 24.4 Å². The van der Waals surface area contributed by atoms with Gasteiger partial charge in [-0.15, -0.1) is 11.3 Å². The van der Waals surface area contributed by atoms with Crippen LogP contribution in [-0.2, 0) is 4.79 Å². The van der Waals surface area contributed by atoms with Gasteiger partial charge in [0.2, 0.25) is 5.91 Å². The molecule has 2 aromatic carbocycles. The van der Waals surface area contributed by atoms with Crippen LogP contribution in [0.5, 0.6) is 17.2 Å². The number of benzene rings is 2. The minimum atomic E-state index is -0.718. The fourth-order valence-corrected chi connectivity index (χ4v) is 5.21. The van der Waals surface area contributed by atoms with Crippen LogP contribution in [0.25, 0.3) is 0 Å².